The summed E-state index contributed by atoms with van der Waals surface area (Å²) < 4.78 is 13.2. The second-order valence-corrected chi connectivity index (χ2v) is 4.51. The molecule has 0 aliphatic heterocycles. The molecule has 2 rings (SSSR count). The van der Waals surface area contributed by atoms with Crippen LogP contribution in [-0.2, 0) is 0 Å². The predicted molar refractivity (Wildman–Crippen MR) is 70.0 cm³/mol. The van der Waals surface area contributed by atoms with E-state index in [2.05, 4.69) is 35.0 Å². The Morgan fingerprint density at radius 1 is 0.875 bits per heavy atom. The van der Waals surface area contributed by atoms with Gasteiger partial charge in [0.2, 0.25) is 0 Å². The number of hydrogen-bond acceptors (Lipinski definition) is 0. The smallest absolute Gasteiger partial charge is 0.123 e. The summed E-state index contributed by atoms with van der Waals surface area (Å²) in [4.78, 5) is 0. The molecule has 2 aromatic carbocycles. The Hall–Kier alpha value is -1.15. The van der Waals surface area contributed by atoms with E-state index in [-0.39, 0.29) is 5.82 Å². The van der Waals surface area contributed by atoms with Crippen molar-refractivity contribution in [2.75, 3.05) is 0 Å². The molecule has 0 unspecified atom stereocenters. The SMILES string of the molecule is Cc1ccc(F)cc1.Cc1cccc(Br)c1. The van der Waals surface area contributed by atoms with Crippen LogP contribution in [-0.4, -0.2) is 0 Å². The standard InChI is InChI=1S/C7H7Br.C7H7F/c1-6-3-2-4-7(8)5-6;1-6-2-4-7(8)5-3-6/h2*2-5H,1H3. The lowest BCUT2D eigenvalue weighted by Gasteiger charge is -1.89. The molecule has 0 saturated carbocycles. The normalized spacial score (nSPS) is 9.25. The zero-order valence-corrected chi connectivity index (χ0v) is 11.0. The number of aryl methyl sites for hydroxylation is 2. The van der Waals surface area contributed by atoms with E-state index in [1.165, 1.54) is 17.7 Å². The second kappa shape index (κ2) is 6.44. The van der Waals surface area contributed by atoms with E-state index in [1.54, 1.807) is 12.1 Å². The quantitative estimate of drug-likeness (QED) is 0.644. The monoisotopic (exact) mass is 280 g/mol. The Labute approximate surface area is 104 Å². The van der Waals surface area contributed by atoms with Crippen LogP contribution in [0, 0.1) is 19.7 Å². The molecule has 0 bridgehead atoms. The molecule has 2 aromatic rings. The van der Waals surface area contributed by atoms with Crippen molar-refractivity contribution in [2.45, 2.75) is 13.8 Å². The lowest BCUT2D eigenvalue weighted by Crippen LogP contribution is -1.71. The van der Waals surface area contributed by atoms with Crippen LogP contribution in [0.25, 0.3) is 0 Å². The average Bonchev–Trinajstić information content (AvgIpc) is 2.23. The largest absolute Gasteiger partial charge is 0.207 e. The third-order valence-corrected chi connectivity index (χ3v) is 2.48. The van der Waals surface area contributed by atoms with Crippen LogP contribution < -0.4 is 0 Å². The summed E-state index contributed by atoms with van der Waals surface area (Å²) in [5.74, 6) is -0.171. The summed E-state index contributed by atoms with van der Waals surface area (Å²) in [7, 11) is 0. The minimum Gasteiger partial charge on any atom is -0.207 e. The Morgan fingerprint density at radius 3 is 1.88 bits per heavy atom. The van der Waals surface area contributed by atoms with E-state index in [4.69, 9.17) is 0 Å². The van der Waals surface area contributed by atoms with Crippen LogP contribution in [0.3, 0.4) is 0 Å². The zero-order valence-electron chi connectivity index (χ0n) is 9.37. The first-order valence-electron chi connectivity index (χ1n) is 5.02. The molecule has 0 aromatic heterocycles. The summed E-state index contributed by atoms with van der Waals surface area (Å²) in [6, 6.07) is 14.6. The maximum absolute atomic E-state index is 12.1. The highest BCUT2D eigenvalue weighted by atomic mass is 79.9. The maximum atomic E-state index is 12.1. The fourth-order valence-corrected chi connectivity index (χ4v) is 1.65. The van der Waals surface area contributed by atoms with Crippen LogP contribution in [0.15, 0.2) is 53.0 Å². The molecule has 0 amide bonds. The molecule has 0 heterocycles. The molecular formula is C14H14BrF. The van der Waals surface area contributed by atoms with E-state index >= 15 is 0 Å². The summed E-state index contributed by atoms with van der Waals surface area (Å²) in [6.07, 6.45) is 0. The molecule has 0 nitrogen and oxygen atoms in total. The van der Waals surface area contributed by atoms with Crippen molar-refractivity contribution in [1.82, 2.24) is 0 Å². The molecule has 0 radical (unpaired) electrons. The highest BCUT2D eigenvalue weighted by Gasteiger charge is 1.83. The third-order valence-electron chi connectivity index (χ3n) is 1.99. The molecule has 0 atom stereocenters. The van der Waals surface area contributed by atoms with Crippen molar-refractivity contribution in [2.24, 2.45) is 0 Å². The minimum atomic E-state index is -0.171. The van der Waals surface area contributed by atoms with Gasteiger partial charge in [-0.3, -0.25) is 0 Å². The molecule has 16 heavy (non-hydrogen) atoms. The molecule has 0 aliphatic rings. The van der Waals surface area contributed by atoms with Crippen molar-refractivity contribution in [3.63, 3.8) is 0 Å². The van der Waals surface area contributed by atoms with E-state index in [0.717, 1.165) is 10.0 Å². The van der Waals surface area contributed by atoms with Crippen molar-refractivity contribution >= 4 is 15.9 Å². The van der Waals surface area contributed by atoms with Gasteiger partial charge in [-0.15, -0.1) is 0 Å². The van der Waals surface area contributed by atoms with Gasteiger partial charge in [-0.2, -0.15) is 0 Å². The molecule has 2 heteroatoms. The third kappa shape index (κ3) is 5.08. The zero-order chi connectivity index (χ0) is 12.0. The summed E-state index contributed by atoms with van der Waals surface area (Å²) in [5, 5.41) is 0. The molecule has 0 saturated heterocycles. The van der Waals surface area contributed by atoms with Crippen LogP contribution in [0.4, 0.5) is 4.39 Å². The molecule has 0 N–H and O–H groups in total. The van der Waals surface area contributed by atoms with Crippen LogP contribution in [0.5, 0.6) is 0 Å². The van der Waals surface area contributed by atoms with E-state index in [0.29, 0.717) is 0 Å². The van der Waals surface area contributed by atoms with Gasteiger partial charge in [-0.05, 0) is 38.1 Å². The van der Waals surface area contributed by atoms with Gasteiger partial charge in [-0.25, -0.2) is 4.39 Å². The number of hydrogen-bond donors (Lipinski definition) is 0. The van der Waals surface area contributed by atoms with Crippen molar-refractivity contribution < 1.29 is 4.39 Å². The topological polar surface area (TPSA) is 0 Å². The highest BCUT2D eigenvalue weighted by Crippen LogP contribution is 2.09. The van der Waals surface area contributed by atoms with Crippen molar-refractivity contribution in [1.29, 1.82) is 0 Å². The van der Waals surface area contributed by atoms with E-state index in [9.17, 15) is 4.39 Å². The van der Waals surface area contributed by atoms with Gasteiger partial charge in [0.1, 0.15) is 5.82 Å². The Morgan fingerprint density at radius 2 is 1.50 bits per heavy atom. The van der Waals surface area contributed by atoms with Gasteiger partial charge in [-0.1, -0.05) is 51.3 Å². The Kier molecular flexibility index (Phi) is 5.20. The average molecular weight is 281 g/mol. The number of halogens is 2. The highest BCUT2D eigenvalue weighted by molar-refractivity contribution is 9.10. The predicted octanol–water partition coefficient (Wildman–Crippen LogP) is 4.89. The lowest BCUT2D eigenvalue weighted by atomic mass is 10.2. The molecule has 0 spiro atoms. The second-order valence-electron chi connectivity index (χ2n) is 3.59. The number of benzene rings is 2. The fraction of sp³-hybridized carbons (Fsp3) is 0.143. The van der Waals surface area contributed by atoms with Gasteiger partial charge in [0.05, 0.1) is 0 Å². The van der Waals surface area contributed by atoms with Gasteiger partial charge in [0.25, 0.3) is 0 Å². The van der Waals surface area contributed by atoms with Gasteiger partial charge >= 0.3 is 0 Å². The maximum Gasteiger partial charge on any atom is 0.123 e. The first-order chi connectivity index (χ1) is 7.58. The van der Waals surface area contributed by atoms with E-state index < -0.39 is 0 Å². The summed E-state index contributed by atoms with van der Waals surface area (Å²) >= 11 is 3.36. The van der Waals surface area contributed by atoms with Crippen molar-refractivity contribution in [3.8, 4) is 0 Å². The Balaban J connectivity index is 0.000000160. The van der Waals surface area contributed by atoms with E-state index in [1.807, 2.05) is 19.1 Å². The first-order valence-corrected chi connectivity index (χ1v) is 5.81. The molecular weight excluding hydrogens is 267 g/mol. The van der Waals surface area contributed by atoms with Gasteiger partial charge < -0.3 is 0 Å². The molecule has 84 valence electrons. The van der Waals surface area contributed by atoms with Gasteiger partial charge in [0, 0.05) is 4.47 Å². The van der Waals surface area contributed by atoms with Crippen LogP contribution >= 0.6 is 15.9 Å². The fourth-order valence-electron chi connectivity index (χ4n) is 1.14. The minimum absolute atomic E-state index is 0.171. The molecule has 0 fully saturated rings. The first kappa shape index (κ1) is 12.9. The molecule has 0 aliphatic carbocycles. The lowest BCUT2D eigenvalue weighted by molar-refractivity contribution is 0.627. The summed E-state index contributed by atoms with van der Waals surface area (Å²) in [6.45, 7) is 4.00. The number of rotatable bonds is 0. The van der Waals surface area contributed by atoms with Gasteiger partial charge in [0.15, 0.2) is 0 Å². The summed E-state index contributed by atoms with van der Waals surface area (Å²) in [5.41, 5.74) is 2.38. The van der Waals surface area contributed by atoms with Crippen LogP contribution in [0.1, 0.15) is 11.1 Å². The van der Waals surface area contributed by atoms with Crippen LogP contribution in [0.2, 0.25) is 0 Å². The Bertz CT molecular complexity index is 396. The van der Waals surface area contributed by atoms with Crippen molar-refractivity contribution in [3.05, 3.63) is 69.9 Å².